The van der Waals surface area contributed by atoms with E-state index in [2.05, 4.69) is 30.3 Å². The third kappa shape index (κ3) is 3.23. The Bertz CT molecular complexity index is 1780. The molecular formula is C28H23N2O4S+. The summed E-state index contributed by atoms with van der Waals surface area (Å²) in [6.07, 6.45) is 0. The minimum atomic E-state index is -0.103. The topological polar surface area (TPSA) is 64.0 Å². The maximum atomic E-state index is 14.0. The summed E-state index contributed by atoms with van der Waals surface area (Å²) in [5.74, 6) is 1.11. The van der Waals surface area contributed by atoms with Crippen molar-refractivity contribution >= 4 is 50.0 Å². The number of hydrogen-bond acceptors (Lipinski definition) is 5. The molecule has 0 atom stereocenters. The Balaban J connectivity index is 1.77. The van der Waals surface area contributed by atoms with Gasteiger partial charge in [-0.3, -0.25) is 0 Å². The average Bonchev–Trinajstić information content (AvgIpc) is 3.21. The van der Waals surface area contributed by atoms with Crippen LogP contribution >= 0.6 is 11.8 Å². The van der Waals surface area contributed by atoms with Crippen LogP contribution in [-0.2, 0) is 6.54 Å². The lowest BCUT2D eigenvalue weighted by atomic mass is 10.0. The first-order valence-corrected chi connectivity index (χ1v) is 12.1. The van der Waals surface area contributed by atoms with Gasteiger partial charge in [-0.1, -0.05) is 42.1 Å². The molecule has 35 heavy (non-hydrogen) atoms. The van der Waals surface area contributed by atoms with Crippen LogP contribution in [0, 0.1) is 0 Å². The molecule has 0 bridgehead atoms. The molecule has 6 nitrogen and oxygen atoms in total. The van der Waals surface area contributed by atoms with Gasteiger partial charge in [0.1, 0.15) is 6.54 Å². The van der Waals surface area contributed by atoms with Crippen LogP contribution in [0.15, 0.2) is 87.4 Å². The number of pyridine rings is 1. The number of rotatable bonds is 6. The summed E-state index contributed by atoms with van der Waals surface area (Å²) in [6.45, 7) is 0.276. The number of fused-ring (bicyclic) bond motifs is 4. The standard InChI is InChI=1S/C28H23N2O4S/c1-33-23-15-21-22(16-24(23)34-2)30-27(29(21)13-14-31)19-11-12-25(35-17-7-4-3-5-8-17)18-9-6-10-20(26(18)19)28(30)32/h3-12,15-16,31H,13-14H2,1-2H3/q+1. The second kappa shape index (κ2) is 8.45. The van der Waals surface area contributed by atoms with Gasteiger partial charge in [0.2, 0.25) is 0 Å². The predicted molar refractivity (Wildman–Crippen MR) is 138 cm³/mol. The molecule has 6 rings (SSSR count). The molecule has 1 N–H and O–H groups in total. The molecular weight excluding hydrogens is 460 g/mol. The molecule has 2 aromatic heterocycles. The van der Waals surface area contributed by atoms with Crippen LogP contribution in [0.5, 0.6) is 11.5 Å². The second-order valence-electron chi connectivity index (χ2n) is 8.29. The maximum absolute atomic E-state index is 14.0. The number of aromatic nitrogens is 2. The van der Waals surface area contributed by atoms with E-state index in [1.54, 1.807) is 30.4 Å². The number of nitrogens with zero attached hydrogens (tertiary/aromatic N) is 2. The van der Waals surface area contributed by atoms with Gasteiger partial charge in [-0.25, -0.2) is 9.36 Å². The zero-order valence-electron chi connectivity index (χ0n) is 19.3. The molecule has 174 valence electrons. The van der Waals surface area contributed by atoms with Gasteiger partial charge in [0.15, 0.2) is 22.5 Å². The van der Waals surface area contributed by atoms with Crippen LogP contribution in [0.4, 0.5) is 0 Å². The molecule has 0 unspecified atom stereocenters. The van der Waals surface area contributed by atoms with Gasteiger partial charge in [-0.15, -0.1) is 0 Å². The molecule has 6 aromatic rings. The first-order chi connectivity index (χ1) is 17.2. The molecule has 0 saturated heterocycles. The lowest BCUT2D eigenvalue weighted by Gasteiger charge is -2.10. The van der Waals surface area contributed by atoms with E-state index in [1.807, 2.05) is 47.0 Å². The Kier molecular flexibility index (Phi) is 5.24. The first kappa shape index (κ1) is 21.7. The Labute approximate surface area is 205 Å². The van der Waals surface area contributed by atoms with Crippen molar-refractivity contribution in [1.29, 1.82) is 0 Å². The number of methoxy groups -OCH3 is 2. The monoisotopic (exact) mass is 483 g/mol. The van der Waals surface area contributed by atoms with E-state index in [9.17, 15) is 9.90 Å². The van der Waals surface area contributed by atoms with Gasteiger partial charge < -0.3 is 14.6 Å². The molecule has 0 spiro atoms. The number of hydrogen-bond donors (Lipinski definition) is 1. The van der Waals surface area contributed by atoms with E-state index in [0.29, 0.717) is 28.9 Å². The van der Waals surface area contributed by atoms with Crippen molar-refractivity contribution in [3.05, 3.63) is 83.2 Å². The quantitative estimate of drug-likeness (QED) is 0.350. The highest BCUT2D eigenvalue weighted by Crippen LogP contribution is 2.39. The van der Waals surface area contributed by atoms with E-state index in [1.165, 1.54) is 0 Å². The molecule has 4 aromatic carbocycles. The zero-order valence-corrected chi connectivity index (χ0v) is 20.1. The molecule has 0 amide bonds. The largest absolute Gasteiger partial charge is 0.493 e. The Hall–Kier alpha value is -3.81. The van der Waals surface area contributed by atoms with Crippen molar-refractivity contribution in [2.45, 2.75) is 16.3 Å². The number of benzene rings is 4. The predicted octanol–water partition coefficient (Wildman–Crippen LogP) is 4.65. The van der Waals surface area contributed by atoms with Gasteiger partial charge >= 0.3 is 5.56 Å². The van der Waals surface area contributed by atoms with Crippen LogP contribution in [0.2, 0.25) is 0 Å². The summed E-state index contributed by atoms with van der Waals surface area (Å²) >= 11 is 1.68. The van der Waals surface area contributed by atoms with E-state index >= 15 is 0 Å². The summed E-state index contributed by atoms with van der Waals surface area (Å²) in [4.78, 5) is 16.2. The SMILES string of the molecule is COc1cc2c(cc1OC)[n+](CCO)c1c3ccc(Sc4ccccc4)c4cccc(c(=O)n21)c43. The fourth-order valence-electron chi connectivity index (χ4n) is 4.97. The second-order valence-corrected chi connectivity index (χ2v) is 9.41. The first-order valence-electron chi connectivity index (χ1n) is 11.3. The number of aliphatic hydroxyl groups is 1. The van der Waals surface area contributed by atoms with Crippen molar-refractivity contribution in [2.24, 2.45) is 0 Å². The molecule has 0 aliphatic rings. The van der Waals surface area contributed by atoms with E-state index < -0.39 is 0 Å². The molecule has 0 radical (unpaired) electrons. The van der Waals surface area contributed by atoms with Crippen molar-refractivity contribution in [2.75, 3.05) is 20.8 Å². The lowest BCUT2D eigenvalue weighted by Crippen LogP contribution is -2.36. The van der Waals surface area contributed by atoms with Crippen molar-refractivity contribution in [3.8, 4) is 11.5 Å². The van der Waals surface area contributed by atoms with Gasteiger partial charge in [0.25, 0.3) is 5.65 Å². The molecule has 2 heterocycles. The fourth-order valence-corrected chi connectivity index (χ4v) is 5.93. The summed E-state index contributed by atoms with van der Waals surface area (Å²) in [7, 11) is 3.17. The Morgan fingerprint density at radius 2 is 1.63 bits per heavy atom. The molecule has 0 aliphatic heterocycles. The van der Waals surface area contributed by atoms with Crippen LogP contribution < -0.4 is 19.6 Å². The Morgan fingerprint density at radius 3 is 2.37 bits per heavy atom. The third-order valence-corrected chi connectivity index (χ3v) is 7.53. The summed E-state index contributed by atoms with van der Waals surface area (Å²) in [6, 6.07) is 24.0. The van der Waals surface area contributed by atoms with Crippen molar-refractivity contribution in [1.82, 2.24) is 4.40 Å². The highest BCUT2D eigenvalue weighted by atomic mass is 32.2. The Morgan fingerprint density at radius 1 is 0.886 bits per heavy atom. The van der Waals surface area contributed by atoms with E-state index in [0.717, 1.165) is 37.1 Å². The molecule has 0 aliphatic carbocycles. The van der Waals surface area contributed by atoms with Crippen LogP contribution in [0.3, 0.4) is 0 Å². The number of imidazole rings is 1. The van der Waals surface area contributed by atoms with Crippen LogP contribution in [0.1, 0.15) is 0 Å². The van der Waals surface area contributed by atoms with Crippen LogP contribution in [-0.4, -0.2) is 30.3 Å². The smallest absolute Gasteiger partial charge is 0.347 e. The fraction of sp³-hybridized carbons (Fsp3) is 0.143. The molecule has 0 fully saturated rings. The van der Waals surface area contributed by atoms with Crippen molar-refractivity contribution < 1.29 is 19.1 Å². The number of ether oxygens (including phenoxy) is 2. The minimum absolute atomic E-state index is 0.0634. The zero-order chi connectivity index (χ0) is 24.1. The summed E-state index contributed by atoms with van der Waals surface area (Å²) < 4.78 is 14.8. The summed E-state index contributed by atoms with van der Waals surface area (Å²) in [5, 5.41) is 13.5. The van der Waals surface area contributed by atoms with Gasteiger partial charge in [-0.05, 0) is 35.7 Å². The van der Waals surface area contributed by atoms with Crippen molar-refractivity contribution in [3.63, 3.8) is 0 Å². The maximum Gasteiger partial charge on any atom is 0.347 e. The molecule has 7 heteroatoms. The van der Waals surface area contributed by atoms with Gasteiger partial charge in [0, 0.05) is 27.3 Å². The van der Waals surface area contributed by atoms with Crippen LogP contribution in [0.25, 0.3) is 38.2 Å². The van der Waals surface area contributed by atoms with E-state index in [4.69, 9.17) is 9.47 Å². The lowest BCUT2D eigenvalue weighted by molar-refractivity contribution is -0.646. The third-order valence-electron chi connectivity index (χ3n) is 6.45. The highest BCUT2D eigenvalue weighted by Gasteiger charge is 2.28. The highest BCUT2D eigenvalue weighted by molar-refractivity contribution is 7.99. The average molecular weight is 484 g/mol. The van der Waals surface area contributed by atoms with Gasteiger partial charge in [0.05, 0.1) is 31.6 Å². The normalized spacial score (nSPS) is 11.7. The number of aliphatic hydroxyl groups excluding tert-OH is 1. The minimum Gasteiger partial charge on any atom is -0.493 e. The summed E-state index contributed by atoms with van der Waals surface area (Å²) in [5.41, 5.74) is 2.15. The van der Waals surface area contributed by atoms with E-state index in [-0.39, 0.29) is 12.2 Å². The molecule has 0 saturated carbocycles. The van der Waals surface area contributed by atoms with Gasteiger partial charge in [-0.2, -0.15) is 4.40 Å².